The summed E-state index contributed by atoms with van der Waals surface area (Å²) < 4.78 is 26.5. The van der Waals surface area contributed by atoms with E-state index in [9.17, 15) is 13.9 Å². The Morgan fingerprint density at radius 2 is 1.95 bits per heavy atom. The van der Waals surface area contributed by atoms with Gasteiger partial charge in [-0.2, -0.15) is 0 Å². The van der Waals surface area contributed by atoms with Gasteiger partial charge in [0.1, 0.15) is 11.6 Å². The third-order valence-electron chi connectivity index (χ3n) is 2.53. The van der Waals surface area contributed by atoms with Gasteiger partial charge in [-0.1, -0.05) is 23.7 Å². The lowest BCUT2D eigenvalue weighted by molar-refractivity contribution is 0.199. The van der Waals surface area contributed by atoms with Crippen LogP contribution in [-0.4, -0.2) is 10.9 Å². The zero-order valence-electron chi connectivity index (χ0n) is 9.82. The van der Waals surface area contributed by atoms with Crippen LogP contribution < -0.4 is 0 Å². The topological polar surface area (TPSA) is 20.2 Å². The summed E-state index contributed by atoms with van der Waals surface area (Å²) in [5.41, 5.74) is 0.188. The summed E-state index contributed by atoms with van der Waals surface area (Å²) in [4.78, 5) is 0.688. The Labute approximate surface area is 119 Å². The second kappa shape index (κ2) is 6.37. The molecule has 0 saturated carbocycles. The van der Waals surface area contributed by atoms with Crippen LogP contribution in [0.25, 0.3) is 0 Å². The zero-order valence-corrected chi connectivity index (χ0v) is 11.4. The summed E-state index contributed by atoms with van der Waals surface area (Å²) in [5, 5.41) is 10.2. The van der Waals surface area contributed by atoms with E-state index in [4.69, 9.17) is 11.6 Å². The summed E-state index contributed by atoms with van der Waals surface area (Å²) in [6, 6.07) is 10.2. The predicted molar refractivity (Wildman–Crippen MR) is 73.5 cm³/mol. The van der Waals surface area contributed by atoms with E-state index in [1.807, 2.05) is 0 Å². The van der Waals surface area contributed by atoms with Crippen LogP contribution >= 0.6 is 23.4 Å². The second-order valence-electron chi connectivity index (χ2n) is 3.95. The maximum Gasteiger partial charge on any atom is 0.130 e. The lowest BCUT2D eigenvalue weighted by Crippen LogP contribution is -2.03. The minimum Gasteiger partial charge on any atom is -0.387 e. The maximum absolute atomic E-state index is 13.6. The lowest BCUT2D eigenvalue weighted by atomic mass is 10.1. The molecule has 1 unspecified atom stereocenters. The SMILES string of the molecule is OC(CSc1cccc(F)c1)c1ccc(Cl)cc1F. The van der Waals surface area contributed by atoms with Crippen molar-refractivity contribution >= 4 is 23.4 Å². The molecule has 0 saturated heterocycles. The minimum atomic E-state index is -0.967. The monoisotopic (exact) mass is 300 g/mol. The number of hydrogen-bond acceptors (Lipinski definition) is 2. The highest BCUT2D eigenvalue weighted by Gasteiger charge is 2.13. The molecule has 0 aliphatic carbocycles. The van der Waals surface area contributed by atoms with Gasteiger partial charge in [-0.15, -0.1) is 11.8 Å². The fourth-order valence-corrected chi connectivity index (χ4v) is 2.65. The van der Waals surface area contributed by atoms with Gasteiger partial charge in [0.25, 0.3) is 0 Å². The molecule has 0 radical (unpaired) electrons. The Hall–Kier alpha value is -1.10. The highest BCUT2D eigenvalue weighted by molar-refractivity contribution is 7.99. The zero-order chi connectivity index (χ0) is 13.8. The molecule has 2 aromatic carbocycles. The van der Waals surface area contributed by atoms with Crippen molar-refractivity contribution in [1.82, 2.24) is 0 Å². The van der Waals surface area contributed by atoms with Gasteiger partial charge in [-0.3, -0.25) is 0 Å². The number of thioether (sulfide) groups is 1. The van der Waals surface area contributed by atoms with E-state index in [-0.39, 0.29) is 22.2 Å². The molecule has 0 heterocycles. The van der Waals surface area contributed by atoms with Gasteiger partial charge in [0.05, 0.1) is 6.10 Å². The molecule has 0 aliphatic heterocycles. The Balaban J connectivity index is 2.03. The third kappa shape index (κ3) is 3.93. The normalized spacial score (nSPS) is 12.4. The van der Waals surface area contributed by atoms with Gasteiger partial charge >= 0.3 is 0 Å². The van der Waals surface area contributed by atoms with Crippen LogP contribution in [0.4, 0.5) is 8.78 Å². The van der Waals surface area contributed by atoms with E-state index in [0.29, 0.717) is 4.90 Å². The van der Waals surface area contributed by atoms with Gasteiger partial charge in [-0.05, 0) is 30.3 Å². The van der Waals surface area contributed by atoms with Crippen molar-refractivity contribution in [3.8, 4) is 0 Å². The number of benzene rings is 2. The molecule has 0 aromatic heterocycles. The van der Waals surface area contributed by atoms with Crippen LogP contribution in [0.3, 0.4) is 0 Å². The van der Waals surface area contributed by atoms with Crippen LogP contribution in [0.1, 0.15) is 11.7 Å². The summed E-state index contributed by atoms with van der Waals surface area (Å²) in [6.07, 6.45) is -0.967. The van der Waals surface area contributed by atoms with Gasteiger partial charge in [0.2, 0.25) is 0 Å². The van der Waals surface area contributed by atoms with Gasteiger partial charge < -0.3 is 5.11 Å². The van der Waals surface area contributed by atoms with Crippen molar-refractivity contribution in [3.63, 3.8) is 0 Å². The molecule has 100 valence electrons. The molecule has 0 bridgehead atoms. The largest absolute Gasteiger partial charge is 0.387 e. The van der Waals surface area contributed by atoms with Gasteiger partial charge in [0.15, 0.2) is 0 Å². The van der Waals surface area contributed by atoms with Crippen LogP contribution in [0.5, 0.6) is 0 Å². The van der Waals surface area contributed by atoms with Crippen molar-refractivity contribution in [2.45, 2.75) is 11.0 Å². The molecule has 0 spiro atoms. The summed E-state index contributed by atoms with van der Waals surface area (Å²) >= 11 is 6.90. The first-order valence-corrected chi connectivity index (χ1v) is 6.94. The van der Waals surface area contributed by atoms with E-state index in [0.717, 1.165) is 6.07 Å². The van der Waals surface area contributed by atoms with E-state index >= 15 is 0 Å². The number of hydrogen-bond donors (Lipinski definition) is 1. The van der Waals surface area contributed by atoms with Crippen molar-refractivity contribution in [1.29, 1.82) is 0 Å². The Kier molecular flexibility index (Phi) is 4.80. The van der Waals surface area contributed by atoms with Crippen LogP contribution in [-0.2, 0) is 0 Å². The summed E-state index contributed by atoms with van der Waals surface area (Å²) in [6.45, 7) is 0. The number of aliphatic hydroxyl groups is 1. The van der Waals surface area contributed by atoms with Gasteiger partial charge in [0, 0.05) is 21.2 Å². The van der Waals surface area contributed by atoms with Gasteiger partial charge in [-0.25, -0.2) is 8.78 Å². The summed E-state index contributed by atoms with van der Waals surface area (Å²) in [7, 11) is 0. The molecular weight excluding hydrogens is 290 g/mol. The average molecular weight is 301 g/mol. The molecule has 2 rings (SSSR count). The third-order valence-corrected chi connectivity index (χ3v) is 3.83. The number of aliphatic hydroxyl groups excluding tert-OH is 1. The fraction of sp³-hybridized carbons (Fsp3) is 0.143. The molecule has 19 heavy (non-hydrogen) atoms. The van der Waals surface area contributed by atoms with Crippen LogP contribution in [0.2, 0.25) is 5.02 Å². The molecule has 1 nitrogen and oxygen atoms in total. The second-order valence-corrected chi connectivity index (χ2v) is 5.48. The Morgan fingerprint density at radius 3 is 2.63 bits per heavy atom. The molecular formula is C14H11ClF2OS. The molecule has 1 N–H and O–H groups in total. The molecule has 0 fully saturated rings. The molecule has 5 heteroatoms. The van der Waals surface area contributed by atoms with Crippen LogP contribution in [0, 0.1) is 11.6 Å². The van der Waals surface area contributed by atoms with E-state index in [1.165, 1.54) is 36.0 Å². The first-order valence-electron chi connectivity index (χ1n) is 5.57. The Morgan fingerprint density at radius 1 is 1.16 bits per heavy atom. The number of halogens is 3. The minimum absolute atomic E-state index is 0.188. The van der Waals surface area contributed by atoms with Crippen molar-refractivity contribution in [2.75, 3.05) is 5.75 Å². The summed E-state index contributed by atoms with van der Waals surface area (Å²) in [5.74, 6) is -0.640. The standard InChI is InChI=1S/C14H11ClF2OS/c15-9-4-5-12(13(17)6-9)14(18)8-19-11-3-1-2-10(16)7-11/h1-7,14,18H,8H2. The van der Waals surface area contributed by atoms with E-state index < -0.39 is 11.9 Å². The van der Waals surface area contributed by atoms with Crippen LogP contribution in [0.15, 0.2) is 47.4 Å². The average Bonchev–Trinajstić information content (AvgIpc) is 2.36. The smallest absolute Gasteiger partial charge is 0.130 e. The Bertz CT molecular complexity index is 577. The highest BCUT2D eigenvalue weighted by Crippen LogP contribution is 2.27. The molecule has 2 aromatic rings. The quantitative estimate of drug-likeness (QED) is 0.842. The van der Waals surface area contributed by atoms with Crippen molar-refractivity contribution < 1.29 is 13.9 Å². The first kappa shape index (κ1) is 14.3. The van der Waals surface area contributed by atoms with E-state index in [1.54, 1.807) is 12.1 Å². The lowest BCUT2D eigenvalue weighted by Gasteiger charge is -2.12. The molecule has 0 aliphatic rings. The predicted octanol–water partition coefficient (Wildman–Crippen LogP) is 4.44. The maximum atomic E-state index is 13.6. The van der Waals surface area contributed by atoms with E-state index in [2.05, 4.69) is 0 Å². The molecule has 1 atom stereocenters. The first-order chi connectivity index (χ1) is 9.06. The highest BCUT2D eigenvalue weighted by atomic mass is 35.5. The van der Waals surface area contributed by atoms with Crippen molar-refractivity contribution in [3.05, 3.63) is 64.7 Å². The fourth-order valence-electron chi connectivity index (χ4n) is 1.59. The molecule has 0 amide bonds. The van der Waals surface area contributed by atoms with Crippen molar-refractivity contribution in [2.24, 2.45) is 0 Å². The number of rotatable bonds is 4.